The van der Waals surface area contributed by atoms with Crippen LogP contribution in [0.2, 0.25) is 0 Å². The number of thiophene rings is 2. The van der Waals surface area contributed by atoms with Crippen LogP contribution >= 0.6 is 22.7 Å². The van der Waals surface area contributed by atoms with E-state index in [2.05, 4.69) is 22.2 Å². The maximum atomic E-state index is 11.4. The zero-order valence-electron chi connectivity index (χ0n) is 9.55. The number of carbonyl (C=O) groups excluding carboxylic acids is 1. The molecule has 0 spiro atoms. The van der Waals surface area contributed by atoms with E-state index >= 15 is 0 Å². The largest absolute Gasteiger partial charge is 1.00 e. The fourth-order valence-corrected chi connectivity index (χ4v) is 3.59. The molecule has 3 heterocycles. The molecule has 6 heteroatoms. The van der Waals surface area contributed by atoms with E-state index in [1.165, 1.54) is 23.3 Å². The summed E-state index contributed by atoms with van der Waals surface area (Å²) in [4.78, 5) is 12.5. The van der Waals surface area contributed by atoms with Gasteiger partial charge in [0.05, 0.1) is 17.9 Å². The van der Waals surface area contributed by atoms with Crippen molar-refractivity contribution in [1.29, 1.82) is 0 Å². The molecule has 0 radical (unpaired) electrons. The molecular formula is C12H10BrNO2S2. The first-order valence-corrected chi connectivity index (χ1v) is 6.94. The van der Waals surface area contributed by atoms with Crippen LogP contribution < -0.4 is 21.5 Å². The van der Waals surface area contributed by atoms with Crippen molar-refractivity contribution in [3.05, 3.63) is 28.4 Å². The highest BCUT2D eigenvalue weighted by molar-refractivity contribution is 7.16. The molecule has 0 atom stereocenters. The highest BCUT2D eigenvalue weighted by Crippen LogP contribution is 2.28. The van der Waals surface area contributed by atoms with Gasteiger partial charge >= 0.3 is 5.97 Å². The molecule has 18 heavy (non-hydrogen) atoms. The number of fused-ring (bicyclic) bond motifs is 3. The molecule has 0 aliphatic heterocycles. The van der Waals surface area contributed by atoms with Gasteiger partial charge in [0.15, 0.2) is 6.20 Å². The van der Waals surface area contributed by atoms with Crippen LogP contribution in [0.25, 0.3) is 21.0 Å². The van der Waals surface area contributed by atoms with Gasteiger partial charge in [-0.2, -0.15) is 15.9 Å². The van der Waals surface area contributed by atoms with Crippen LogP contribution in [0.5, 0.6) is 0 Å². The molecular weight excluding hydrogens is 334 g/mol. The van der Waals surface area contributed by atoms with Crippen LogP contribution in [0.3, 0.4) is 0 Å². The molecule has 0 N–H and O–H groups in total. The third-order valence-corrected chi connectivity index (χ3v) is 4.42. The van der Waals surface area contributed by atoms with Crippen molar-refractivity contribution in [3.8, 4) is 0 Å². The number of pyridine rings is 1. The Morgan fingerprint density at radius 2 is 2.22 bits per heavy atom. The molecule has 3 aromatic rings. The Bertz CT molecular complexity index is 704. The van der Waals surface area contributed by atoms with E-state index in [-0.39, 0.29) is 29.5 Å². The van der Waals surface area contributed by atoms with Gasteiger partial charge in [0, 0.05) is 10.8 Å². The molecule has 0 saturated heterocycles. The Morgan fingerprint density at radius 1 is 1.39 bits per heavy atom. The predicted molar refractivity (Wildman–Crippen MR) is 69.4 cm³/mol. The molecule has 0 saturated carbocycles. The number of carbonyl (C=O) groups is 1. The van der Waals surface area contributed by atoms with E-state index in [9.17, 15) is 4.79 Å². The van der Waals surface area contributed by atoms with E-state index in [1.807, 2.05) is 10.8 Å². The number of hydrogen-bond donors (Lipinski definition) is 0. The molecule has 0 bridgehead atoms. The van der Waals surface area contributed by atoms with Gasteiger partial charge < -0.3 is 21.7 Å². The third-order valence-electron chi connectivity index (χ3n) is 2.71. The number of esters is 1. The Hall–Kier alpha value is -0.980. The minimum absolute atomic E-state index is 0. The SMILES string of the molecule is COC(=O)C[n+]1cc2cscc2c2ccsc21.[Br-]. The van der Waals surface area contributed by atoms with E-state index < -0.39 is 0 Å². The number of rotatable bonds is 2. The van der Waals surface area contributed by atoms with Gasteiger partial charge in [0.2, 0.25) is 6.54 Å². The molecule has 94 valence electrons. The lowest BCUT2D eigenvalue weighted by Gasteiger charge is -1.98. The van der Waals surface area contributed by atoms with E-state index in [4.69, 9.17) is 4.74 Å². The zero-order chi connectivity index (χ0) is 11.8. The van der Waals surface area contributed by atoms with Gasteiger partial charge in [-0.05, 0) is 16.8 Å². The predicted octanol–water partition coefficient (Wildman–Crippen LogP) is -0.420. The fourth-order valence-electron chi connectivity index (χ4n) is 1.90. The second kappa shape index (κ2) is 5.34. The van der Waals surface area contributed by atoms with Crippen molar-refractivity contribution >= 4 is 49.6 Å². The second-order valence-corrected chi connectivity index (χ2v) is 5.35. The van der Waals surface area contributed by atoms with Gasteiger partial charge in [-0.1, -0.05) is 11.3 Å². The Balaban J connectivity index is 0.00000120. The van der Waals surface area contributed by atoms with Crippen molar-refractivity contribution in [2.45, 2.75) is 6.54 Å². The summed E-state index contributed by atoms with van der Waals surface area (Å²) in [6.07, 6.45) is 2.02. The number of methoxy groups -OCH3 is 1. The fraction of sp³-hybridized carbons (Fsp3) is 0.167. The molecule has 0 aromatic carbocycles. The normalized spacial score (nSPS) is 10.5. The summed E-state index contributed by atoms with van der Waals surface area (Å²) in [5, 5.41) is 9.93. The molecule has 0 fully saturated rings. The molecule has 3 nitrogen and oxygen atoms in total. The Morgan fingerprint density at radius 3 is 3.00 bits per heavy atom. The lowest BCUT2D eigenvalue weighted by Crippen LogP contribution is -3.00. The van der Waals surface area contributed by atoms with Crippen molar-refractivity contribution in [2.24, 2.45) is 0 Å². The molecule has 0 aliphatic carbocycles. The van der Waals surface area contributed by atoms with Crippen LogP contribution in [0.15, 0.2) is 28.4 Å². The number of ether oxygens (including phenoxy) is 1. The van der Waals surface area contributed by atoms with Gasteiger partial charge in [0.1, 0.15) is 0 Å². The van der Waals surface area contributed by atoms with Crippen molar-refractivity contribution in [2.75, 3.05) is 7.11 Å². The highest BCUT2D eigenvalue weighted by atomic mass is 79.9. The van der Waals surface area contributed by atoms with Gasteiger partial charge in [0.25, 0.3) is 4.83 Å². The zero-order valence-corrected chi connectivity index (χ0v) is 12.8. The first kappa shape index (κ1) is 13.5. The van der Waals surface area contributed by atoms with Crippen LogP contribution in [-0.4, -0.2) is 13.1 Å². The van der Waals surface area contributed by atoms with Crippen molar-refractivity contribution in [1.82, 2.24) is 0 Å². The quantitative estimate of drug-likeness (QED) is 0.467. The molecule has 3 aromatic heterocycles. The summed E-state index contributed by atoms with van der Waals surface area (Å²) in [5.41, 5.74) is 0. The van der Waals surface area contributed by atoms with Gasteiger partial charge in [-0.25, -0.2) is 4.79 Å². The number of halogens is 1. The lowest BCUT2D eigenvalue weighted by atomic mass is 10.2. The monoisotopic (exact) mass is 343 g/mol. The van der Waals surface area contributed by atoms with E-state index in [0.29, 0.717) is 0 Å². The number of hydrogen-bond acceptors (Lipinski definition) is 4. The van der Waals surface area contributed by atoms with Crippen molar-refractivity contribution in [3.63, 3.8) is 0 Å². The molecule has 0 amide bonds. The van der Waals surface area contributed by atoms with Crippen LogP contribution in [0.4, 0.5) is 0 Å². The molecule has 3 rings (SSSR count). The summed E-state index contributed by atoms with van der Waals surface area (Å²) in [7, 11) is 1.41. The average Bonchev–Trinajstić information content (AvgIpc) is 2.95. The van der Waals surface area contributed by atoms with Gasteiger partial charge in [-0.15, -0.1) is 0 Å². The first-order valence-electron chi connectivity index (χ1n) is 5.12. The Labute approximate surface area is 122 Å². The third kappa shape index (κ3) is 2.15. The van der Waals surface area contributed by atoms with Crippen LogP contribution in [0, 0.1) is 0 Å². The average molecular weight is 344 g/mol. The summed E-state index contributed by atoms with van der Waals surface area (Å²) < 4.78 is 6.68. The van der Waals surface area contributed by atoms with Crippen molar-refractivity contribution < 1.29 is 31.1 Å². The lowest BCUT2D eigenvalue weighted by molar-refractivity contribution is -0.656. The molecule has 0 unspecified atom stereocenters. The second-order valence-electron chi connectivity index (χ2n) is 3.71. The van der Waals surface area contributed by atoms with Crippen LogP contribution in [-0.2, 0) is 16.1 Å². The summed E-state index contributed by atoms with van der Waals surface area (Å²) in [6, 6.07) is 2.10. The smallest absolute Gasteiger partial charge is 0.372 e. The first-order chi connectivity index (χ1) is 8.29. The van der Waals surface area contributed by atoms with E-state index in [1.54, 1.807) is 22.7 Å². The van der Waals surface area contributed by atoms with Crippen LogP contribution in [0.1, 0.15) is 0 Å². The maximum absolute atomic E-state index is 11.4. The minimum atomic E-state index is -0.223. The molecule has 0 aliphatic rings. The number of nitrogens with zero attached hydrogens (tertiary/aromatic N) is 1. The topological polar surface area (TPSA) is 30.2 Å². The standard InChI is InChI=1S/C12H10NO2S2.BrH/c1-15-11(14)5-13-4-8-6-16-7-10(8)9-2-3-17-12(9)13;/h2-4,6-7H,5H2,1H3;1H/q+1;/p-1. The summed E-state index contributed by atoms with van der Waals surface area (Å²) in [5.74, 6) is -0.223. The van der Waals surface area contributed by atoms with E-state index in [0.717, 1.165) is 4.83 Å². The number of aromatic nitrogens is 1. The summed E-state index contributed by atoms with van der Waals surface area (Å²) >= 11 is 3.32. The van der Waals surface area contributed by atoms with Gasteiger partial charge in [-0.3, -0.25) is 0 Å². The highest BCUT2D eigenvalue weighted by Gasteiger charge is 2.18. The summed E-state index contributed by atoms with van der Waals surface area (Å²) in [6.45, 7) is 0.263. The maximum Gasteiger partial charge on any atom is 0.372 e. The Kier molecular flexibility index (Phi) is 3.99. The minimum Gasteiger partial charge on any atom is -1.00 e.